The Balaban J connectivity index is 2.16. The lowest BCUT2D eigenvalue weighted by atomic mass is 10.2. The zero-order chi connectivity index (χ0) is 13.8. The standard InChI is InChI=1S/C14H13BrFNOS/c1-18-10-5-6-12(17)13(7-10)19-8-9-3-2-4-11(16)14(9)15/h2-7H,8,17H2,1H3. The molecule has 2 aromatic carbocycles. The Kier molecular flexibility index (Phi) is 4.71. The van der Waals surface area contributed by atoms with Crippen molar-refractivity contribution >= 4 is 33.4 Å². The number of hydrogen-bond acceptors (Lipinski definition) is 3. The Morgan fingerprint density at radius 3 is 2.84 bits per heavy atom. The van der Waals surface area contributed by atoms with Crippen LogP contribution in [0.1, 0.15) is 5.56 Å². The van der Waals surface area contributed by atoms with E-state index in [-0.39, 0.29) is 5.82 Å². The molecule has 0 saturated carbocycles. The van der Waals surface area contributed by atoms with Crippen LogP contribution in [0, 0.1) is 5.82 Å². The van der Waals surface area contributed by atoms with E-state index < -0.39 is 0 Å². The zero-order valence-corrected chi connectivity index (χ0v) is 12.7. The second-order valence-electron chi connectivity index (χ2n) is 3.91. The molecular weight excluding hydrogens is 329 g/mol. The van der Waals surface area contributed by atoms with E-state index in [1.807, 2.05) is 24.3 Å². The maximum atomic E-state index is 13.4. The Bertz CT molecular complexity index is 592. The van der Waals surface area contributed by atoms with Crippen LogP contribution in [0.25, 0.3) is 0 Å². The molecule has 0 spiro atoms. The summed E-state index contributed by atoms with van der Waals surface area (Å²) in [6.45, 7) is 0. The van der Waals surface area contributed by atoms with Gasteiger partial charge < -0.3 is 10.5 Å². The molecule has 100 valence electrons. The van der Waals surface area contributed by atoms with Gasteiger partial charge in [-0.25, -0.2) is 4.39 Å². The summed E-state index contributed by atoms with van der Waals surface area (Å²) in [5.74, 6) is 1.14. The number of ether oxygens (including phenoxy) is 1. The molecular formula is C14H13BrFNOS. The normalized spacial score (nSPS) is 10.5. The summed E-state index contributed by atoms with van der Waals surface area (Å²) in [4.78, 5) is 0.926. The monoisotopic (exact) mass is 341 g/mol. The molecule has 0 aliphatic carbocycles. The number of nitrogen functional groups attached to an aromatic ring is 1. The third-order valence-corrected chi connectivity index (χ3v) is 4.64. The van der Waals surface area contributed by atoms with Gasteiger partial charge in [0.2, 0.25) is 0 Å². The third-order valence-electron chi connectivity index (χ3n) is 2.64. The highest BCUT2D eigenvalue weighted by atomic mass is 79.9. The number of benzene rings is 2. The molecule has 0 unspecified atom stereocenters. The maximum absolute atomic E-state index is 13.4. The molecule has 2 aromatic rings. The van der Waals surface area contributed by atoms with Crippen LogP contribution in [0.15, 0.2) is 45.8 Å². The van der Waals surface area contributed by atoms with Gasteiger partial charge in [-0.2, -0.15) is 0 Å². The van der Waals surface area contributed by atoms with E-state index in [0.717, 1.165) is 16.2 Å². The first kappa shape index (κ1) is 14.2. The number of nitrogens with two attached hydrogens (primary N) is 1. The molecule has 0 atom stereocenters. The molecule has 0 saturated heterocycles. The Hall–Kier alpha value is -1.20. The first-order valence-electron chi connectivity index (χ1n) is 5.61. The quantitative estimate of drug-likeness (QED) is 0.658. The largest absolute Gasteiger partial charge is 0.497 e. The molecule has 0 aromatic heterocycles. The lowest BCUT2D eigenvalue weighted by molar-refractivity contribution is 0.414. The SMILES string of the molecule is COc1ccc(N)c(SCc2cccc(F)c2Br)c1. The van der Waals surface area contributed by atoms with Crippen LogP contribution in [-0.2, 0) is 5.75 Å². The first-order chi connectivity index (χ1) is 9.11. The fraction of sp³-hybridized carbons (Fsp3) is 0.143. The van der Waals surface area contributed by atoms with Crippen molar-refractivity contribution in [2.45, 2.75) is 10.6 Å². The minimum atomic E-state index is -0.253. The molecule has 0 fully saturated rings. The Morgan fingerprint density at radius 1 is 1.32 bits per heavy atom. The number of thioether (sulfide) groups is 1. The molecule has 2 N–H and O–H groups in total. The Labute approximate surface area is 124 Å². The van der Waals surface area contributed by atoms with Crippen LogP contribution in [0.3, 0.4) is 0 Å². The molecule has 0 heterocycles. The van der Waals surface area contributed by atoms with Crippen LogP contribution in [0.5, 0.6) is 5.75 Å². The van der Waals surface area contributed by atoms with Crippen molar-refractivity contribution < 1.29 is 9.13 Å². The predicted molar refractivity (Wildman–Crippen MR) is 81.1 cm³/mol. The predicted octanol–water partition coefficient (Wildman–Crippen LogP) is 4.47. The van der Waals surface area contributed by atoms with E-state index in [2.05, 4.69) is 15.9 Å². The van der Waals surface area contributed by atoms with Gasteiger partial charge in [-0.1, -0.05) is 12.1 Å². The molecule has 0 amide bonds. The van der Waals surface area contributed by atoms with E-state index in [4.69, 9.17) is 10.5 Å². The van der Waals surface area contributed by atoms with E-state index in [0.29, 0.717) is 15.9 Å². The minimum absolute atomic E-state index is 0.253. The maximum Gasteiger partial charge on any atom is 0.137 e. The highest BCUT2D eigenvalue weighted by Crippen LogP contribution is 2.33. The topological polar surface area (TPSA) is 35.2 Å². The first-order valence-corrected chi connectivity index (χ1v) is 7.39. The van der Waals surface area contributed by atoms with Crippen molar-refractivity contribution in [2.24, 2.45) is 0 Å². The van der Waals surface area contributed by atoms with E-state index in [1.165, 1.54) is 6.07 Å². The van der Waals surface area contributed by atoms with Gasteiger partial charge in [-0.3, -0.25) is 0 Å². The second-order valence-corrected chi connectivity index (χ2v) is 5.72. The summed E-state index contributed by atoms with van der Waals surface area (Å²) in [7, 11) is 1.61. The van der Waals surface area contributed by atoms with Gasteiger partial charge in [0, 0.05) is 16.3 Å². The van der Waals surface area contributed by atoms with Crippen LogP contribution >= 0.6 is 27.7 Å². The fourth-order valence-electron chi connectivity index (χ4n) is 1.58. The number of methoxy groups -OCH3 is 1. The molecule has 19 heavy (non-hydrogen) atoms. The minimum Gasteiger partial charge on any atom is -0.497 e. The van der Waals surface area contributed by atoms with Crippen LogP contribution in [0.2, 0.25) is 0 Å². The molecule has 2 nitrogen and oxygen atoms in total. The third kappa shape index (κ3) is 3.42. The molecule has 0 radical (unpaired) electrons. The summed E-state index contributed by atoms with van der Waals surface area (Å²) in [6, 6.07) is 10.5. The van der Waals surface area contributed by atoms with Crippen molar-refractivity contribution in [3.8, 4) is 5.75 Å². The summed E-state index contributed by atoms with van der Waals surface area (Å²) < 4.78 is 19.1. The lowest BCUT2D eigenvalue weighted by Gasteiger charge is -2.09. The molecule has 0 aliphatic heterocycles. The summed E-state index contributed by atoms with van der Waals surface area (Å²) >= 11 is 4.81. The highest BCUT2D eigenvalue weighted by Gasteiger charge is 2.07. The smallest absolute Gasteiger partial charge is 0.137 e. The number of rotatable bonds is 4. The van der Waals surface area contributed by atoms with Crippen LogP contribution < -0.4 is 10.5 Å². The second kappa shape index (κ2) is 6.30. The van der Waals surface area contributed by atoms with Gasteiger partial charge in [-0.05, 0) is 45.8 Å². The van der Waals surface area contributed by atoms with Crippen LogP contribution in [0.4, 0.5) is 10.1 Å². The average molecular weight is 342 g/mol. The van der Waals surface area contributed by atoms with Crippen molar-refractivity contribution in [3.05, 3.63) is 52.3 Å². The lowest BCUT2D eigenvalue weighted by Crippen LogP contribution is -1.92. The van der Waals surface area contributed by atoms with E-state index >= 15 is 0 Å². The van der Waals surface area contributed by atoms with Crippen molar-refractivity contribution in [1.29, 1.82) is 0 Å². The summed E-state index contributed by atoms with van der Waals surface area (Å²) in [6.07, 6.45) is 0. The summed E-state index contributed by atoms with van der Waals surface area (Å²) in [5, 5.41) is 0. The van der Waals surface area contributed by atoms with Crippen molar-refractivity contribution in [1.82, 2.24) is 0 Å². The molecule has 0 aliphatic rings. The molecule has 0 bridgehead atoms. The average Bonchev–Trinajstić information content (AvgIpc) is 2.42. The van der Waals surface area contributed by atoms with Gasteiger partial charge in [0.1, 0.15) is 11.6 Å². The Morgan fingerprint density at radius 2 is 2.11 bits per heavy atom. The van der Waals surface area contributed by atoms with Gasteiger partial charge in [0.15, 0.2) is 0 Å². The summed E-state index contributed by atoms with van der Waals surface area (Å²) in [5.41, 5.74) is 7.50. The number of anilines is 1. The van der Waals surface area contributed by atoms with Gasteiger partial charge in [0.25, 0.3) is 0 Å². The van der Waals surface area contributed by atoms with Gasteiger partial charge in [-0.15, -0.1) is 11.8 Å². The van der Waals surface area contributed by atoms with Crippen LogP contribution in [-0.4, -0.2) is 7.11 Å². The highest BCUT2D eigenvalue weighted by molar-refractivity contribution is 9.10. The fourth-order valence-corrected chi connectivity index (χ4v) is 3.16. The zero-order valence-electron chi connectivity index (χ0n) is 10.3. The van der Waals surface area contributed by atoms with Crippen molar-refractivity contribution in [3.63, 3.8) is 0 Å². The van der Waals surface area contributed by atoms with E-state index in [9.17, 15) is 4.39 Å². The molecule has 2 rings (SSSR count). The van der Waals surface area contributed by atoms with E-state index in [1.54, 1.807) is 24.9 Å². The van der Waals surface area contributed by atoms with Gasteiger partial charge >= 0.3 is 0 Å². The number of halogens is 2. The van der Waals surface area contributed by atoms with Gasteiger partial charge in [0.05, 0.1) is 11.6 Å². The number of hydrogen-bond donors (Lipinski definition) is 1. The van der Waals surface area contributed by atoms with Crippen molar-refractivity contribution in [2.75, 3.05) is 12.8 Å². The molecule has 5 heteroatoms.